The van der Waals surface area contributed by atoms with Gasteiger partial charge in [-0.15, -0.1) is 0 Å². The molecule has 0 saturated heterocycles. The number of methoxy groups -OCH3 is 1. The van der Waals surface area contributed by atoms with E-state index in [-0.39, 0.29) is 33.8 Å². The maximum atomic E-state index is 11.4. The molecule has 30 heavy (non-hydrogen) atoms. The van der Waals surface area contributed by atoms with Gasteiger partial charge in [0.15, 0.2) is 17.7 Å². The van der Waals surface area contributed by atoms with Gasteiger partial charge in [-0.1, -0.05) is 35.3 Å². The standard InChI is InChI=1S/C20H16Cl2N2O6/c1-24-19(13(9-25)18(23-24)20(26)27)30-17-8-16(14(21)7-15(17)22)29-10-11-3-5-12(28-2)6-4-11/h3-9H,10H2,1-2H3,(H,26,27). The van der Waals surface area contributed by atoms with Gasteiger partial charge in [-0.3, -0.25) is 4.79 Å². The van der Waals surface area contributed by atoms with Gasteiger partial charge in [0.1, 0.15) is 23.7 Å². The van der Waals surface area contributed by atoms with Crippen molar-refractivity contribution in [2.75, 3.05) is 7.11 Å². The van der Waals surface area contributed by atoms with Crippen molar-refractivity contribution in [3.8, 4) is 23.1 Å². The molecular weight excluding hydrogens is 435 g/mol. The smallest absolute Gasteiger partial charge is 0.357 e. The Morgan fingerprint density at radius 1 is 1.17 bits per heavy atom. The highest BCUT2D eigenvalue weighted by Crippen LogP contribution is 2.39. The van der Waals surface area contributed by atoms with Crippen LogP contribution in [0.2, 0.25) is 10.0 Å². The molecule has 0 atom stereocenters. The van der Waals surface area contributed by atoms with Crippen molar-refractivity contribution < 1.29 is 28.9 Å². The first kappa shape index (κ1) is 21.5. The number of aldehydes is 1. The number of benzene rings is 2. The van der Waals surface area contributed by atoms with Crippen LogP contribution in [0, 0.1) is 0 Å². The first-order valence-electron chi connectivity index (χ1n) is 8.52. The second kappa shape index (κ2) is 9.06. The van der Waals surface area contributed by atoms with Crippen molar-refractivity contribution in [1.29, 1.82) is 0 Å². The first-order valence-corrected chi connectivity index (χ1v) is 9.27. The molecule has 0 amide bonds. The summed E-state index contributed by atoms with van der Waals surface area (Å²) < 4.78 is 17.7. The normalized spacial score (nSPS) is 10.5. The van der Waals surface area contributed by atoms with Crippen LogP contribution in [0.15, 0.2) is 36.4 Å². The molecule has 0 fully saturated rings. The van der Waals surface area contributed by atoms with Crippen molar-refractivity contribution in [2.24, 2.45) is 7.05 Å². The molecule has 0 bridgehead atoms. The van der Waals surface area contributed by atoms with Crippen LogP contribution < -0.4 is 14.2 Å². The molecule has 1 N–H and O–H groups in total. The van der Waals surface area contributed by atoms with Crippen LogP contribution in [0.3, 0.4) is 0 Å². The Labute approximate surface area is 181 Å². The number of carboxylic acid groups (broad SMARTS) is 1. The maximum absolute atomic E-state index is 11.4. The summed E-state index contributed by atoms with van der Waals surface area (Å²) in [6, 6.07) is 10.2. The van der Waals surface area contributed by atoms with E-state index in [0.29, 0.717) is 12.0 Å². The highest BCUT2D eigenvalue weighted by Gasteiger charge is 2.24. The Bertz CT molecular complexity index is 1100. The number of hydrogen-bond acceptors (Lipinski definition) is 6. The van der Waals surface area contributed by atoms with Crippen LogP contribution >= 0.6 is 23.2 Å². The third-order valence-electron chi connectivity index (χ3n) is 4.10. The van der Waals surface area contributed by atoms with Crippen molar-refractivity contribution in [2.45, 2.75) is 6.61 Å². The Morgan fingerprint density at radius 2 is 1.83 bits per heavy atom. The van der Waals surface area contributed by atoms with Crippen LogP contribution in [0.25, 0.3) is 0 Å². The molecule has 8 nitrogen and oxygen atoms in total. The van der Waals surface area contributed by atoms with E-state index in [0.717, 1.165) is 16.0 Å². The van der Waals surface area contributed by atoms with E-state index in [1.165, 1.54) is 19.2 Å². The summed E-state index contributed by atoms with van der Waals surface area (Å²) in [7, 11) is 3.03. The lowest BCUT2D eigenvalue weighted by Gasteiger charge is -2.13. The van der Waals surface area contributed by atoms with Crippen LogP contribution in [0.4, 0.5) is 0 Å². The van der Waals surface area contributed by atoms with Gasteiger partial charge in [-0.25, -0.2) is 9.48 Å². The van der Waals surface area contributed by atoms with E-state index in [1.807, 2.05) is 12.1 Å². The third kappa shape index (κ3) is 4.50. The number of carboxylic acids is 1. The lowest BCUT2D eigenvalue weighted by atomic mass is 10.2. The summed E-state index contributed by atoms with van der Waals surface area (Å²) in [5, 5.41) is 13.4. The second-order valence-electron chi connectivity index (χ2n) is 6.07. The highest BCUT2D eigenvalue weighted by molar-refractivity contribution is 6.36. The van der Waals surface area contributed by atoms with E-state index in [4.69, 9.17) is 37.4 Å². The first-order chi connectivity index (χ1) is 14.3. The lowest BCUT2D eigenvalue weighted by Crippen LogP contribution is -2.01. The quantitative estimate of drug-likeness (QED) is 0.499. The predicted molar refractivity (Wildman–Crippen MR) is 109 cm³/mol. The minimum atomic E-state index is -1.35. The average Bonchev–Trinajstić information content (AvgIpc) is 3.05. The number of aromatic carboxylic acids is 1. The van der Waals surface area contributed by atoms with Gasteiger partial charge >= 0.3 is 5.97 Å². The van der Waals surface area contributed by atoms with Gasteiger partial charge in [0.2, 0.25) is 5.88 Å². The van der Waals surface area contributed by atoms with Crippen LogP contribution in [0.1, 0.15) is 26.4 Å². The number of nitrogens with zero attached hydrogens (tertiary/aromatic N) is 2. The van der Waals surface area contributed by atoms with Crippen molar-refractivity contribution in [3.05, 3.63) is 63.3 Å². The Morgan fingerprint density at radius 3 is 2.43 bits per heavy atom. The molecular formula is C20H16Cl2N2O6. The molecule has 0 saturated carbocycles. The van der Waals surface area contributed by atoms with Gasteiger partial charge in [0, 0.05) is 13.1 Å². The minimum Gasteiger partial charge on any atom is -0.497 e. The zero-order valence-electron chi connectivity index (χ0n) is 15.9. The molecule has 1 heterocycles. The van der Waals surface area contributed by atoms with E-state index in [1.54, 1.807) is 19.2 Å². The fourth-order valence-electron chi connectivity index (χ4n) is 2.60. The number of halogens is 2. The van der Waals surface area contributed by atoms with Gasteiger partial charge in [0.05, 0.1) is 17.2 Å². The molecule has 2 aromatic carbocycles. The molecule has 0 aliphatic heterocycles. The largest absolute Gasteiger partial charge is 0.497 e. The van der Waals surface area contributed by atoms with E-state index < -0.39 is 11.7 Å². The van der Waals surface area contributed by atoms with E-state index in [2.05, 4.69) is 5.10 Å². The fourth-order valence-corrected chi connectivity index (χ4v) is 3.07. The third-order valence-corrected chi connectivity index (χ3v) is 4.69. The van der Waals surface area contributed by atoms with Crippen LogP contribution in [-0.4, -0.2) is 34.3 Å². The van der Waals surface area contributed by atoms with Crippen molar-refractivity contribution in [3.63, 3.8) is 0 Å². The van der Waals surface area contributed by atoms with E-state index >= 15 is 0 Å². The maximum Gasteiger partial charge on any atom is 0.357 e. The summed E-state index contributed by atoms with van der Waals surface area (Å²) in [6.45, 7) is 0.221. The van der Waals surface area contributed by atoms with Gasteiger partial charge in [-0.05, 0) is 23.8 Å². The Balaban J connectivity index is 1.86. The minimum absolute atomic E-state index is 0.0762. The fraction of sp³-hybridized carbons (Fsp3) is 0.150. The molecule has 0 aliphatic carbocycles. The highest BCUT2D eigenvalue weighted by atomic mass is 35.5. The molecule has 0 radical (unpaired) electrons. The van der Waals surface area contributed by atoms with Gasteiger partial charge in [-0.2, -0.15) is 5.10 Å². The summed E-state index contributed by atoms with van der Waals surface area (Å²) >= 11 is 12.4. The number of aromatic nitrogens is 2. The Kier molecular flexibility index (Phi) is 6.49. The number of carbonyl (C=O) groups excluding carboxylic acids is 1. The Hall–Kier alpha value is -3.23. The van der Waals surface area contributed by atoms with Crippen molar-refractivity contribution in [1.82, 2.24) is 9.78 Å². The molecule has 3 rings (SSSR count). The van der Waals surface area contributed by atoms with Crippen LogP contribution in [-0.2, 0) is 13.7 Å². The topological polar surface area (TPSA) is 99.9 Å². The predicted octanol–water partition coefficient (Wildman–Crippen LogP) is 4.62. The molecule has 3 aromatic rings. The number of carbonyl (C=O) groups is 2. The van der Waals surface area contributed by atoms with E-state index in [9.17, 15) is 14.7 Å². The summed E-state index contributed by atoms with van der Waals surface area (Å²) in [5.74, 6) is -0.295. The monoisotopic (exact) mass is 450 g/mol. The SMILES string of the molecule is COc1ccc(COc2cc(Oc3c(C=O)c(C(=O)O)nn3C)c(Cl)cc2Cl)cc1. The average molecular weight is 451 g/mol. The van der Waals surface area contributed by atoms with Gasteiger partial charge < -0.3 is 19.3 Å². The van der Waals surface area contributed by atoms with Crippen molar-refractivity contribution >= 4 is 35.5 Å². The summed E-state index contributed by atoms with van der Waals surface area (Å²) in [6.07, 6.45) is 0.358. The molecule has 0 aliphatic rings. The van der Waals surface area contributed by atoms with Gasteiger partial charge in [0.25, 0.3) is 0 Å². The summed E-state index contributed by atoms with van der Waals surface area (Å²) in [5.41, 5.74) is 0.241. The number of ether oxygens (including phenoxy) is 3. The number of aryl methyl sites for hydroxylation is 1. The molecule has 0 unspecified atom stereocenters. The summed E-state index contributed by atoms with van der Waals surface area (Å²) in [4.78, 5) is 22.6. The number of hydrogen-bond donors (Lipinski definition) is 1. The molecule has 0 spiro atoms. The lowest BCUT2D eigenvalue weighted by molar-refractivity contribution is 0.0686. The molecule has 1 aromatic heterocycles. The zero-order chi connectivity index (χ0) is 21.8. The number of rotatable bonds is 8. The zero-order valence-corrected chi connectivity index (χ0v) is 17.4. The molecule has 10 heteroatoms. The van der Waals surface area contributed by atoms with Crippen LogP contribution in [0.5, 0.6) is 23.1 Å². The molecule has 156 valence electrons. The second-order valence-corrected chi connectivity index (χ2v) is 6.88.